The van der Waals surface area contributed by atoms with Gasteiger partial charge in [0.2, 0.25) is 11.8 Å². The molecule has 6 rings (SSSR count). The van der Waals surface area contributed by atoms with Crippen molar-refractivity contribution in [3.63, 3.8) is 0 Å². The summed E-state index contributed by atoms with van der Waals surface area (Å²) in [7, 11) is 5.90. The molecule has 102 heavy (non-hydrogen) atoms. The summed E-state index contributed by atoms with van der Waals surface area (Å²) in [6.45, 7) is 33.1. The number of ether oxygens (including phenoxy) is 2. The van der Waals surface area contributed by atoms with E-state index in [1.807, 2.05) is 119 Å². The second-order valence-corrected chi connectivity index (χ2v) is 31.9. The lowest BCUT2D eigenvalue weighted by atomic mass is 9.82. The summed E-state index contributed by atoms with van der Waals surface area (Å²) in [5.74, 6) is -0.700. The van der Waals surface area contributed by atoms with Gasteiger partial charge in [0, 0.05) is 111 Å². The zero-order chi connectivity index (χ0) is 75.3. The highest BCUT2D eigenvalue weighted by molar-refractivity contribution is 7.10. The Morgan fingerprint density at radius 2 is 0.941 bits per heavy atom. The van der Waals surface area contributed by atoms with Gasteiger partial charge >= 0.3 is 0 Å². The monoisotopic (exact) mass is 1450 g/mol. The quantitative estimate of drug-likeness (QED) is 0.0422. The zero-order valence-corrected chi connectivity index (χ0v) is 66.9. The van der Waals surface area contributed by atoms with Crippen LogP contribution in [0, 0.1) is 47.3 Å². The molecule has 4 aromatic rings. The maximum atomic E-state index is 14.6. The number of ketones is 4. The molecular weight excluding hydrogens is 1320 g/mol. The van der Waals surface area contributed by atoms with Crippen molar-refractivity contribution in [2.45, 2.75) is 261 Å². The molecule has 0 aliphatic carbocycles. The molecule has 2 aromatic heterocycles. The summed E-state index contributed by atoms with van der Waals surface area (Å²) >= 11 is 2.78. The molecule has 18 nitrogen and oxygen atoms in total. The fraction of sp³-hybridized carbons (Fsp3) is 0.683. The van der Waals surface area contributed by atoms with Crippen LogP contribution in [0.25, 0.3) is 0 Å². The number of carbonyl (C=O) groups is 8. The van der Waals surface area contributed by atoms with Gasteiger partial charge in [-0.15, -0.1) is 22.7 Å². The lowest BCUT2D eigenvalue weighted by Gasteiger charge is -2.40. The van der Waals surface area contributed by atoms with Crippen LogP contribution in [-0.2, 0) is 51.1 Å². The summed E-state index contributed by atoms with van der Waals surface area (Å²) < 4.78 is 12.6. The Morgan fingerprint density at radius 1 is 0.549 bits per heavy atom. The van der Waals surface area contributed by atoms with E-state index in [1.165, 1.54) is 22.7 Å². The number of nitrogens with zero attached hydrogens (tertiary/aromatic N) is 6. The standard InChI is InChI=1S/C42H66N4O5S.C40H62N4O5S/c1-10-21-46(42(50)34(29(6)11-2)25-38(48)36-20-16-17-22-45(36)9)37(28(4)5)26-39(51-12-3)41-44-35(27-52-41)40(49)43-33(23-30(7)31(8)47)24-32-18-14-13-15-19-32;1-10-27(5)32(23-36(46)34-19-15-16-20-43(34)8)40(48)44(9)35(26(3)4)24-37(49-11-2)39-42-33(25-50-39)38(47)41-31(21-28(6)29(7)45)22-30-17-13-12-14-18-30/h13-15,18-19,27-30,33-34,36-37,39H,10-12,16-17,20-26H2,1-9H3,(H,43,49);12-14,17-18,25-28,31-32,34-35,37H,10-11,15-16,19-24H2,1-9H3,(H,41,47)/t29-,30-,33+,34-,36+,37+,39+;27-,28-,31+,32-,34+,35+,37+/m00/s1. The highest BCUT2D eigenvalue weighted by atomic mass is 32.1. The maximum absolute atomic E-state index is 14.6. The molecule has 568 valence electrons. The topological polar surface area (TPSA) is 218 Å². The molecule has 2 fully saturated rings. The third-order valence-corrected chi connectivity index (χ3v) is 23.5. The van der Waals surface area contributed by atoms with Gasteiger partial charge in [0.05, 0.1) is 12.1 Å². The molecule has 4 heterocycles. The fourth-order valence-corrected chi connectivity index (χ4v) is 16.3. The van der Waals surface area contributed by atoms with Gasteiger partial charge in [-0.2, -0.15) is 0 Å². The first-order valence-electron chi connectivity index (χ1n) is 38.4. The van der Waals surface area contributed by atoms with Gasteiger partial charge in [0.25, 0.3) is 11.8 Å². The summed E-state index contributed by atoms with van der Waals surface area (Å²) in [5.41, 5.74) is 2.82. The Bertz CT molecular complexity index is 3210. The van der Waals surface area contributed by atoms with Crippen molar-refractivity contribution in [3.8, 4) is 0 Å². The van der Waals surface area contributed by atoms with Gasteiger partial charge in [-0.25, -0.2) is 9.97 Å². The van der Waals surface area contributed by atoms with E-state index in [1.54, 1.807) is 24.6 Å². The Kier molecular flexibility index (Phi) is 37.5. The maximum Gasteiger partial charge on any atom is 0.270 e. The number of benzene rings is 2. The van der Waals surface area contributed by atoms with Crippen LogP contribution in [0.5, 0.6) is 0 Å². The SMILES string of the molecule is CCCN(C(=O)[C@@H](CC(=O)[C@H]1CCCCN1C)[C@@H](C)CC)[C@H](C[C@@H](OCC)c1nc(C(=O)N[C@@H](Cc2ccccc2)C[C@H](C)C(C)=O)cs1)C(C)C.CCO[C@H](C[C@H](C(C)C)N(C)C(=O)[C@@H](CC(=O)[C@H]1CCCCN1C)[C@@H](C)CC)c1nc(C(=O)N[C@@H](Cc2ccccc2)C[C@H](C)C(C)=O)cs1. The van der Waals surface area contributed by atoms with Crippen LogP contribution in [0.4, 0.5) is 0 Å². The predicted molar refractivity (Wildman–Crippen MR) is 412 cm³/mol. The van der Waals surface area contributed by atoms with Crippen LogP contribution in [0.1, 0.15) is 254 Å². The van der Waals surface area contributed by atoms with Crippen molar-refractivity contribution in [1.82, 2.24) is 40.2 Å². The number of thiazole rings is 2. The average molecular weight is 1450 g/mol. The minimum Gasteiger partial charge on any atom is -0.371 e. The first-order chi connectivity index (χ1) is 48.6. The molecule has 20 heteroatoms. The Labute approximate surface area is 620 Å². The summed E-state index contributed by atoms with van der Waals surface area (Å²) in [4.78, 5) is 125. The smallest absolute Gasteiger partial charge is 0.270 e. The minimum absolute atomic E-state index is 0.00330. The van der Waals surface area contributed by atoms with E-state index in [9.17, 15) is 38.4 Å². The van der Waals surface area contributed by atoms with Crippen molar-refractivity contribution in [2.24, 2.45) is 47.3 Å². The zero-order valence-electron chi connectivity index (χ0n) is 65.3. The van der Waals surface area contributed by atoms with Crippen molar-refractivity contribution < 1.29 is 47.8 Å². The van der Waals surface area contributed by atoms with Gasteiger partial charge in [-0.3, -0.25) is 48.2 Å². The Hall–Kier alpha value is -5.90. The number of rotatable bonds is 42. The minimum atomic E-state index is -0.411. The molecule has 14 atom stereocenters. The number of hydrogen-bond acceptors (Lipinski definition) is 16. The van der Waals surface area contributed by atoms with E-state index in [4.69, 9.17) is 19.4 Å². The molecule has 2 saturated heterocycles. The molecule has 0 radical (unpaired) electrons. The number of aromatic nitrogens is 2. The Morgan fingerprint density at radius 3 is 1.29 bits per heavy atom. The van der Waals surface area contributed by atoms with Crippen LogP contribution in [0.15, 0.2) is 71.4 Å². The molecule has 0 bridgehead atoms. The molecular formula is C82H128N8O10S2. The first-order valence-corrected chi connectivity index (χ1v) is 40.2. The summed E-state index contributed by atoms with van der Waals surface area (Å²) in [5, 5.41) is 11.2. The van der Waals surface area contributed by atoms with E-state index in [2.05, 4.69) is 82.7 Å². The second kappa shape index (κ2) is 44.2. The molecule has 2 aliphatic rings. The molecule has 2 aliphatic heterocycles. The number of amides is 4. The second-order valence-electron chi connectivity index (χ2n) is 30.1. The number of hydrogen-bond donors (Lipinski definition) is 2. The van der Waals surface area contributed by atoms with Gasteiger partial charge < -0.3 is 29.9 Å². The molecule has 2 aromatic carbocycles. The average Bonchev–Trinajstić information content (AvgIpc) is 1.24. The number of carbonyl (C=O) groups excluding carboxylic acids is 8. The molecule has 2 N–H and O–H groups in total. The van der Waals surface area contributed by atoms with Crippen LogP contribution in [-0.4, -0.2) is 167 Å². The lowest BCUT2D eigenvalue weighted by molar-refractivity contribution is -0.145. The van der Waals surface area contributed by atoms with E-state index < -0.39 is 12.2 Å². The summed E-state index contributed by atoms with van der Waals surface area (Å²) in [6, 6.07) is 18.9. The highest BCUT2D eigenvalue weighted by Gasteiger charge is 2.41. The third kappa shape index (κ3) is 26.6. The molecule has 4 amide bonds. The van der Waals surface area contributed by atoms with Crippen LogP contribution >= 0.6 is 22.7 Å². The van der Waals surface area contributed by atoms with Gasteiger partial charge in [-0.1, -0.05) is 163 Å². The van der Waals surface area contributed by atoms with Crippen molar-refractivity contribution in [1.29, 1.82) is 0 Å². The number of nitrogens with one attached hydrogen (secondary N) is 2. The molecule has 0 spiro atoms. The van der Waals surface area contributed by atoms with Crippen molar-refractivity contribution in [3.05, 3.63) is 104 Å². The fourth-order valence-electron chi connectivity index (χ4n) is 14.5. The first kappa shape index (κ1) is 86.7. The third-order valence-electron chi connectivity index (χ3n) is 21.6. The summed E-state index contributed by atoms with van der Waals surface area (Å²) in [6.07, 6.45) is 11.5. The number of likely N-dealkylation sites (tertiary alicyclic amines) is 2. The van der Waals surface area contributed by atoms with Crippen LogP contribution in [0.3, 0.4) is 0 Å². The van der Waals surface area contributed by atoms with E-state index in [0.29, 0.717) is 79.7 Å². The normalized spacial score (nSPS) is 18.7. The van der Waals surface area contributed by atoms with E-state index >= 15 is 0 Å². The molecule has 0 unspecified atom stereocenters. The van der Waals surface area contributed by atoms with Gasteiger partial charge in [-0.05, 0) is 147 Å². The van der Waals surface area contributed by atoms with Gasteiger partial charge in [0.15, 0.2) is 11.6 Å². The Balaban J connectivity index is 0.000000367. The lowest BCUT2D eigenvalue weighted by Crippen LogP contribution is -2.50. The number of piperidine rings is 2. The van der Waals surface area contributed by atoms with E-state index in [0.717, 1.165) is 82.0 Å². The van der Waals surface area contributed by atoms with E-state index in [-0.39, 0.29) is 143 Å². The molecule has 0 saturated carbocycles. The van der Waals surface area contributed by atoms with Crippen molar-refractivity contribution in [2.75, 3.05) is 54.0 Å². The van der Waals surface area contributed by atoms with Crippen LogP contribution < -0.4 is 10.6 Å². The van der Waals surface area contributed by atoms with Crippen LogP contribution in [0.2, 0.25) is 0 Å². The van der Waals surface area contributed by atoms with Gasteiger partial charge in [0.1, 0.15) is 45.2 Å². The van der Waals surface area contributed by atoms with Crippen molar-refractivity contribution >= 4 is 69.4 Å². The largest absolute Gasteiger partial charge is 0.371 e. The highest BCUT2D eigenvalue weighted by Crippen LogP contribution is 2.36. The number of Topliss-reactive ketones (excluding diaryl/α,β-unsaturated/α-hetero) is 4. The number of likely N-dealkylation sites (N-methyl/N-ethyl adjacent to an activating group) is 2. The predicted octanol–water partition coefficient (Wildman–Crippen LogP) is 15.1.